The minimum absolute atomic E-state index is 0.640. The number of rotatable bonds is 32. The van der Waals surface area contributed by atoms with Gasteiger partial charge in [-0.3, -0.25) is 0 Å². The zero-order valence-electron chi connectivity index (χ0n) is 28.3. The van der Waals surface area contributed by atoms with Gasteiger partial charge in [0.1, 0.15) is 6.17 Å². The van der Waals surface area contributed by atoms with Crippen LogP contribution in [0, 0.1) is 0 Å². The van der Waals surface area contributed by atoms with Gasteiger partial charge in [0, 0.05) is 25.5 Å². The molecular formula is C38H76N2. The molecule has 0 spiro atoms. The van der Waals surface area contributed by atoms with Crippen molar-refractivity contribution in [3.8, 4) is 0 Å². The first-order chi connectivity index (χ1) is 19.8. The second-order valence-electron chi connectivity index (χ2n) is 13.2. The van der Waals surface area contributed by atoms with Crippen molar-refractivity contribution >= 4 is 0 Å². The lowest BCUT2D eigenvalue weighted by Crippen LogP contribution is -2.39. The van der Waals surface area contributed by atoms with Crippen LogP contribution in [0.2, 0.25) is 0 Å². The third-order valence-corrected chi connectivity index (χ3v) is 9.32. The summed E-state index contributed by atoms with van der Waals surface area (Å²) in [5, 5.41) is 0. The highest BCUT2D eigenvalue weighted by atomic mass is 15.4. The standard InChI is InChI=1S/C38H76N2/c1-4-7-10-12-14-16-18-19-20-21-22-23-25-27-29-31-33-38-39(34-9-6-3)36-37-40(38)35-32-30-28-26-24-17-15-13-11-8-5-2/h36-38H,4-35H2,1-3H3. The van der Waals surface area contributed by atoms with Crippen LogP contribution in [-0.2, 0) is 0 Å². The van der Waals surface area contributed by atoms with E-state index < -0.39 is 0 Å². The van der Waals surface area contributed by atoms with Crippen molar-refractivity contribution in [1.29, 1.82) is 0 Å². The summed E-state index contributed by atoms with van der Waals surface area (Å²) >= 11 is 0. The van der Waals surface area contributed by atoms with E-state index in [1.54, 1.807) is 0 Å². The van der Waals surface area contributed by atoms with Gasteiger partial charge in [-0.25, -0.2) is 0 Å². The Bertz CT molecular complexity index is 516. The van der Waals surface area contributed by atoms with Crippen molar-refractivity contribution in [2.24, 2.45) is 0 Å². The van der Waals surface area contributed by atoms with E-state index in [0.717, 1.165) is 0 Å². The van der Waals surface area contributed by atoms with Crippen molar-refractivity contribution in [3.63, 3.8) is 0 Å². The Morgan fingerprint density at radius 1 is 0.325 bits per heavy atom. The van der Waals surface area contributed by atoms with Crippen molar-refractivity contribution in [1.82, 2.24) is 9.80 Å². The highest BCUT2D eigenvalue weighted by molar-refractivity contribution is 4.96. The lowest BCUT2D eigenvalue weighted by Gasteiger charge is -2.33. The molecule has 2 heteroatoms. The molecule has 40 heavy (non-hydrogen) atoms. The fraction of sp³-hybridized carbons (Fsp3) is 0.947. The predicted octanol–water partition coefficient (Wildman–Crippen LogP) is 13.2. The summed E-state index contributed by atoms with van der Waals surface area (Å²) < 4.78 is 0. The molecule has 0 amide bonds. The molecule has 0 saturated heterocycles. The molecule has 2 nitrogen and oxygen atoms in total. The number of unbranched alkanes of at least 4 members (excludes halogenated alkanes) is 26. The first-order valence-electron chi connectivity index (χ1n) is 19.0. The molecule has 0 aromatic carbocycles. The second kappa shape index (κ2) is 29.8. The van der Waals surface area contributed by atoms with E-state index in [0.29, 0.717) is 6.17 Å². The Balaban J connectivity index is 2.03. The van der Waals surface area contributed by atoms with Gasteiger partial charge in [-0.15, -0.1) is 0 Å². The van der Waals surface area contributed by atoms with Gasteiger partial charge in [0.15, 0.2) is 0 Å². The van der Waals surface area contributed by atoms with E-state index in [2.05, 4.69) is 43.0 Å². The quantitative estimate of drug-likeness (QED) is 0.0755. The largest absolute Gasteiger partial charge is 0.356 e. The third-order valence-electron chi connectivity index (χ3n) is 9.32. The third kappa shape index (κ3) is 22.0. The normalized spacial score (nSPS) is 15.1. The van der Waals surface area contributed by atoms with Crippen LogP contribution in [0.15, 0.2) is 12.4 Å². The van der Waals surface area contributed by atoms with E-state index >= 15 is 0 Å². The van der Waals surface area contributed by atoms with E-state index in [1.165, 1.54) is 206 Å². The van der Waals surface area contributed by atoms with Crippen molar-refractivity contribution in [2.45, 2.75) is 220 Å². The fourth-order valence-corrected chi connectivity index (χ4v) is 6.51. The molecule has 1 rings (SSSR count). The Hall–Kier alpha value is -0.660. The SMILES string of the molecule is CCCCCCCCCCCCCCCCCCC1N(CCCC)C=CN1CCCCCCCCCCCCC. The Labute approximate surface area is 254 Å². The average Bonchev–Trinajstić information content (AvgIpc) is 3.35. The molecule has 0 aliphatic carbocycles. The van der Waals surface area contributed by atoms with E-state index in [9.17, 15) is 0 Å². The second-order valence-corrected chi connectivity index (χ2v) is 13.2. The van der Waals surface area contributed by atoms with Gasteiger partial charge in [-0.05, 0) is 25.7 Å². The fourth-order valence-electron chi connectivity index (χ4n) is 6.51. The van der Waals surface area contributed by atoms with Gasteiger partial charge < -0.3 is 9.80 Å². The van der Waals surface area contributed by atoms with Gasteiger partial charge in [-0.2, -0.15) is 0 Å². The predicted molar refractivity (Wildman–Crippen MR) is 182 cm³/mol. The van der Waals surface area contributed by atoms with Crippen LogP contribution in [0.25, 0.3) is 0 Å². The number of hydrogen-bond donors (Lipinski definition) is 0. The summed E-state index contributed by atoms with van der Waals surface area (Å²) in [5.41, 5.74) is 0. The van der Waals surface area contributed by atoms with Crippen molar-refractivity contribution in [3.05, 3.63) is 12.4 Å². The summed E-state index contributed by atoms with van der Waals surface area (Å²) in [7, 11) is 0. The van der Waals surface area contributed by atoms with Crippen molar-refractivity contribution < 1.29 is 0 Å². The Morgan fingerprint density at radius 2 is 0.600 bits per heavy atom. The van der Waals surface area contributed by atoms with E-state index in [4.69, 9.17) is 0 Å². The maximum atomic E-state index is 2.69. The molecule has 0 fully saturated rings. The van der Waals surface area contributed by atoms with Crippen LogP contribution in [0.1, 0.15) is 213 Å². The summed E-state index contributed by atoms with van der Waals surface area (Å²) in [6.45, 7) is 9.45. The first kappa shape index (κ1) is 37.4. The molecule has 1 aliphatic heterocycles. The van der Waals surface area contributed by atoms with Crippen LogP contribution in [0.4, 0.5) is 0 Å². The molecule has 1 unspecified atom stereocenters. The molecule has 0 saturated carbocycles. The average molecular weight is 561 g/mol. The minimum Gasteiger partial charge on any atom is -0.356 e. The smallest absolute Gasteiger partial charge is 0.101 e. The first-order valence-corrected chi connectivity index (χ1v) is 19.0. The lowest BCUT2D eigenvalue weighted by atomic mass is 10.0. The van der Waals surface area contributed by atoms with Gasteiger partial charge in [0.25, 0.3) is 0 Å². The summed E-state index contributed by atoms with van der Waals surface area (Å²) in [6.07, 6.45) is 48.5. The minimum atomic E-state index is 0.640. The maximum Gasteiger partial charge on any atom is 0.101 e. The number of nitrogens with zero attached hydrogens (tertiary/aromatic N) is 2. The van der Waals surface area contributed by atoms with Crippen LogP contribution in [0.5, 0.6) is 0 Å². The summed E-state index contributed by atoms with van der Waals surface area (Å²) in [4.78, 5) is 5.35. The van der Waals surface area contributed by atoms with Gasteiger partial charge in [-0.1, -0.05) is 188 Å². The van der Waals surface area contributed by atoms with Crippen LogP contribution in [0.3, 0.4) is 0 Å². The highest BCUT2D eigenvalue weighted by Gasteiger charge is 2.24. The molecule has 1 heterocycles. The van der Waals surface area contributed by atoms with Crippen LogP contribution >= 0.6 is 0 Å². The van der Waals surface area contributed by atoms with Crippen molar-refractivity contribution in [2.75, 3.05) is 13.1 Å². The van der Waals surface area contributed by atoms with Gasteiger partial charge >= 0.3 is 0 Å². The van der Waals surface area contributed by atoms with E-state index in [-0.39, 0.29) is 0 Å². The van der Waals surface area contributed by atoms with Crippen LogP contribution in [-0.4, -0.2) is 29.1 Å². The molecular weight excluding hydrogens is 484 g/mol. The molecule has 0 aromatic rings. The molecule has 0 N–H and O–H groups in total. The summed E-state index contributed by atoms with van der Waals surface area (Å²) in [6, 6.07) is 0. The zero-order valence-corrected chi connectivity index (χ0v) is 28.3. The zero-order chi connectivity index (χ0) is 28.8. The Kier molecular flexibility index (Phi) is 27.9. The number of hydrogen-bond acceptors (Lipinski definition) is 2. The molecule has 238 valence electrons. The highest BCUT2D eigenvalue weighted by Crippen LogP contribution is 2.24. The van der Waals surface area contributed by atoms with Crippen LogP contribution < -0.4 is 0 Å². The summed E-state index contributed by atoms with van der Waals surface area (Å²) in [5.74, 6) is 0. The maximum absolute atomic E-state index is 2.69. The molecule has 1 aliphatic rings. The topological polar surface area (TPSA) is 6.48 Å². The lowest BCUT2D eigenvalue weighted by molar-refractivity contribution is 0.136. The molecule has 0 bridgehead atoms. The molecule has 0 aromatic heterocycles. The van der Waals surface area contributed by atoms with Gasteiger partial charge in [0.2, 0.25) is 0 Å². The Morgan fingerprint density at radius 3 is 0.950 bits per heavy atom. The monoisotopic (exact) mass is 561 g/mol. The molecule has 1 atom stereocenters. The van der Waals surface area contributed by atoms with E-state index in [1.807, 2.05) is 0 Å². The molecule has 0 radical (unpaired) electrons. The van der Waals surface area contributed by atoms with Gasteiger partial charge in [0.05, 0.1) is 0 Å².